The fraction of sp³-hybridized carbons (Fsp3) is 0.939. The van der Waals surface area contributed by atoms with Crippen LogP contribution in [0.4, 0.5) is 0 Å². The Labute approximate surface area is 233 Å². The maximum absolute atomic E-state index is 7.10. The van der Waals surface area contributed by atoms with Gasteiger partial charge in [0.15, 0.2) is 16.6 Å². The van der Waals surface area contributed by atoms with E-state index < -0.39 is 16.6 Å². The Morgan fingerprint density at radius 3 is 2.14 bits per heavy atom. The molecule has 0 radical (unpaired) electrons. The summed E-state index contributed by atoms with van der Waals surface area (Å²) in [6.45, 7) is 26.9. The maximum Gasteiger partial charge on any atom is 0.184 e. The highest BCUT2D eigenvalue weighted by Crippen LogP contribution is 2.68. The molecule has 0 aromatic rings. The van der Waals surface area contributed by atoms with Crippen LogP contribution < -0.4 is 0 Å². The molecular weight excluding hydrogens is 485 g/mol. The second-order valence-electron chi connectivity index (χ2n) is 16.7. The normalized spacial score (nSPS) is 41.1. The van der Waals surface area contributed by atoms with Crippen LogP contribution in [0.5, 0.6) is 0 Å². The molecule has 2 nitrogen and oxygen atoms in total. The summed E-state index contributed by atoms with van der Waals surface area (Å²) in [7, 11) is -3.23. The minimum Gasteiger partial charge on any atom is -0.411 e. The van der Waals surface area contributed by atoms with Gasteiger partial charge in [0.1, 0.15) is 0 Å². The van der Waals surface area contributed by atoms with Crippen molar-refractivity contribution in [1.29, 1.82) is 0 Å². The van der Waals surface area contributed by atoms with Crippen molar-refractivity contribution < 1.29 is 8.85 Å². The molecule has 0 N–H and O–H groups in total. The molecule has 0 saturated heterocycles. The Balaban J connectivity index is 1.60. The summed E-state index contributed by atoms with van der Waals surface area (Å²) in [5.74, 6) is 5.21. The first-order valence-corrected chi connectivity index (χ1v) is 22.9. The third-order valence-electron chi connectivity index (χ3n) is 11.3. The van der Waals surface area contributed by atoms with Gasteiger partial charge in [0.2, 0.25) is 0 Å². The lowest BCUT2D eigenvalue weighted by Crippen LogP contribution is -2.56. The molecule has 0 spiro atoms. The highest BCUT2D eigenvalue weighted by Gasteiger charge is 2.61. The molecule has 9 atom stereocenters. The van der Waals surface area contributed by atoms with E-state index in [1.54, 1.807) is 5.57 Å². The number of hydrogen-bond acceptors (Lipinski definition) is 2. The third-order valence-corrected chi connectivity index (χ3v) is 13.3. The van der Waals surface area contributed by atoms with Crippen LogP contribution in [0.3, 0.4) is 0 Å². The molecular formula is C33H62O2Si2. The van der Waals surface area contributed by atoms with Crippen molar-refractivity contribution in [2.75, 3.05) is 0 Å². The van der Waals surface area contributed by atoms with Gasteiger partial charge >= 0.3 is 0 Å². The molecule has 0 aliphatic heterocycles. The fourth-order valence-corrected chi connectivity index (χ4v) is 12.0. The average molecular weight is 547 g/mol. The molecule has 4 rings (SSSR count). The topological polar surface area (TPSA) is 18.5 Å². The smallest absolute Gasteiger partial charge is 0.184 e. The summed E-state index contributed by atoms with van der Waals surface area (Å²) in [4.78, 5) is 0. The van der Waals surface area contributed by atoms with Gasteiger partial charge in [-0.05, 0) is 136 Å². The van der Waals surface area contributed by atoms with Crippen molar-refractivity contribution in [2.45, 2.75) is 150 Å². The zero-order valence-corrected chi connectivity index (χ0v) is 28.6. The summed E-state index contributed by atoms with van der Waals surface area (Å²) >= 11 is 0. The van der Waals surface area contributed by atoms with Crippen LogP contribution >= 0.6 is 0 Å². The van der Waals surface area contributed by atoms with E-state index in [-0.39, 0.29) is 0 Å². The van der Waals surface area contributed by atoms with E-state index in [0.717, 1.165) is 35.5 Å². The van der Waals surface area contributed by atoms with Gasteiger partial charge in [0.25, 0.3) is 0 Å². The van der Waals surface area contributed by atoms with Gasteiger partial charge < -0.3 is 8.85 Å². The lowest BCUT2D eigenvalue weighted by Gasteiger charge is -2.61. The molecule has 0 bridgehead atoms. The molecule has 2 unspecified atom stereocenters. The summed E-state index contributed by atoms with van der Waals surface area (Å²) < 4.78 is 13.8. The van der Waals surface area contributed by atoms with Gasteiger partial charge in [-0.3, -0.25) is 0 Å². The molecule has 0 heterocycles. The van der Waals surface area contributed by atoms with Crippen molar-refractivity contribution in [3.63, 3.8) is 0 Å². The highest BCUT2D eigenvalue weighted by molar-refractivity contribution is 6.70. The number of rotatable bonds is 9. The molecule has 37 heavy (non-hydrogen) atoms. The van der Waals surface area contributed by atoms with Crippen LogP contribution in [-0.4, -0.2) is 28.8 Å². The minimum atomic E-state index is -1.66. The van der Waals surface area contributed by atoms with Crippen molar-refractivity contribution >= 4 is 16.6 Å². The Morgan fingerprint density at radius 2 is 1.51 bits per heavy atom. The van der Waals surface area contributed by atoms with Gasteiger partial charge in [0.05, 0.1) is 12.2 Å². The van der Waals surface area contributed by atoms with Gasteiger partial charge in [-0.2, -0.15) is 0 Å². The van der Waals surface area contributed by atoms with Crippen LogP contribution in [-0.2, 0) is 8.85 Å². The van der Waals surface area contributed by atoms with Crippen molar-refractivity contribution in [3.05, 3.63) is 11.6 Å². The second kappa shape index (κ2) is 10.8. The van der Waals surface area contributed by atoms with E-state index in [1.165, 1.54) is 64.2 Å². The standard InChI is InChI=1S/C33H62O2Si2/c1-23(2)13-12-14-24(3)27-15-16-28-26-22-31(35-37(9,10)11)30-21-25(34-36(6,7)8)17-19-33(30,5)29(26)18-20-32(27,28)4/h21,23-29,31H,12-20,22H2,1-11H3/t24-,25?,26+,27-,28+,29+,31?,32-,33-/m1/s1. The Bertz CT molecular complexity index is 823. The summed E-state index contributed by atoms with van der Waals surface area (Å²) in [5.41, 5.74) is 2.48. The maximum atomic E-state index is 7.10. The Hall–Kier alpha value is 0.0938. The van der Waals surface area contributed by atoms with Gasteiger partial charge in [-0.15, -0.1) is 0 Å². The Kier molecular flexibility index (Phi) is 8.79. The summed E-state index contributed by atoms with van der Waals surface area (Å²) in [6, 6.07) is 0. The molecule has 4 aliphatic rings. The molecule has 214 valence electrons. The largest absolute Gasteiger partial charge is 0.411 e. The van der Waals surface area contributed by atoms with E-state index in [2.05, 4.69) is 80.0 Å². The fourth-order valence-electron chi connectivity index (χ4n) is 9.83. The van der Waals surface area contributed by atoms with E-state index in [1.807, 2.05) is 0 Å². The SMILES string of the molecule is CC(C)CCC[C@@H](C)[C@H]1CC[C@H]2[C@@H]3CC(O[Si](C)(C)C)C4=CC(O[Si](C)(C)C)CC[C@]4(C)[C@H]3CC[C@]12C. The monoisotopic (exact) mass is 546 g/mol. The van der Waals surface area contributed by atoms with Crippen molar-refractivity contribution in [1.82, 2.24) is 0 Å². The summed E-state index contributed by atoms with van der Waals surface area (Å²) in [6.07, 6.45) is 17.0. The second-order valence-corrected chi connectivity index (χ2v) is 25.6. The number of fused-ring (bicyclic) bond motifs is 5. The first kappa shape index (κ1) is 30.1. The van der Waals surface area contributed by atoms with E-state index in [9.17, 15) is 0 Å². The molecule has 3 saturated carbocycles. The molecule has 4 heteroatoms. The first-order chi connectivity index (χ1) is 17.0. The molecule has 3 fully saturated rings. The zero-order chi connectivity index (χ0) is 27.4. The predicted molar refractivity (Wildman–Crippen MR) is 165 cm³/mol. The lowest BCUT2D eigenvalue weighted by atomic mass is 9.46. The highest BCUT2D eigenvalue weighted by atomic mass is 28.4. The molecule has 0 aromatic heterocycles. The van der Waals surface area contributed by atoms with Crippen LogP contribution in [0.25, 0.3) is 0 Å². The van der Waals surface area contributed by atoms with E-state index >= 15 is 0 Å². The van der Waals surface area contributed by atoms with Gasteiger partial charge in [0, 0.05) is 0 Å². The van der Waals surface area contributed by atoms with Gasteiger partial charge in [-0.1, -0.05) is 60.0 Å². The van der Waals surface area contributed by atoms with Crippen LogP contribution in [0.15, 0.2) is 11.6 Å². The molecule has 0 aromatic carbocycles. The van der Waals surface area contributed by atoms with Crippen LogP contribution in [0, 0.1) is 46.3 Å². The van der Waals surface area contributed by atoms with E-state index in [4.69, 9.17) is 8.85 Å². The third kappa shape index (κ3) is 6.38. The zero-order valence-electron chi connectivity index (χ0n) is 26.6. The molecule has 0 amide bonds. The van der Waals surface area contributed by atoms with Gasteiger partial charge in [-0.25, -0.2) is 0 Å². The lowest BCUT2D eigenvalue weighted by molar-refractivity contribution is -0.0842. The first-order valence-electron chi connectivity index (χ1n) is 16.1. The summed E-state index contributed by atoms with van der Waals surface area (Å²) in [5, 5.41) is 0. The number of hydrogen-bond donors (Lipinski definition) is 0. The molecule has 4 aliphatic carbocycles. The minimum absolute atomic E-state index is 0.300. The van der Waals surface area contributed by atoms with Crippen LogP contribution in [0.1, 0.15) is 98.8 Å². The quantitative estimate of drug-likeness (QED) is 0.211. The predicted octanol–water partition coefficient (Wildman–Crippen LogP) is 10.1. The Morgan fingerprint density at radius 1 is 0.838 bits per heavy atom. The van der Waals surface area contributed by atoms with Crippen LogP contribution in [0.2, 0.25) is 39.3 Å². The van der Waals surface area contributed by atoms with Crippen molar-refractivity contribution in [2.24, 2.45) is 46.3 Å². The average Bonchev–Trinajstić information content (AvgIpc) is 3.10. The van der Waals surface area contributed by atoms with E-state index in [0.29, 0.717) is 23.0 Å². The van der Waals surface area contributed by atoms with Crippen molar-refractivity contribution in [3.8, 4) is 0 Å².